The Kier molecular flexibility index (Phi) is 3.76. The standard InChI is InChI=1S/C12H15N5O2/c1-16-6-9(2-3-11(16)18)15-12(19)10-7-17(5-4-13)8-14-10/h2-3,6-8H,4-5,13H2,1H3,(H,15,19). The number of carbonyl (C=O) groups is 1. The van der Waals surface area contributed by atoms with E-state index in [0.717, 1.165) is 0 Å². The Morgan fingerprint density at radius 1 is 1.42 bits per heavy atom. The maximum absolute atomic E-state index is 11.9. The molecule has 0 aliphatic carbocycles. The van der Waals surface area contributed by atoms with Crippen LogP contribution < -0.4 is 16.6 Å². The lowest BCUT2D eigenvalue weighted by Gasteiger charge is -2.04. The Bertz CT molecular complexity index is 644. The number of imidazole rings is 1. The molecule has 0 radical (unpaired) electrons. The van der Waals surface area contributed by atoms with E-state index in [4.69, 9.17) is 5.73 Å². The molecule has 2 aromatic rings. The van der Waals surface area contributed by atoms with Crippen molar-refractivity contribution in [2.24, 2.45) is 12.8 Å². The number of nitrogens with two attached hydrogens (primary N) is 1. The van der Waals surface area contributed by atoms with Gasteiger partial charge in [0.05, 0.1) is 12.0 Å². The Labute approximate surface area is 109 Å². The van der Waals surface area contributed by atoms with E-state index < -0.39 is 0 Å². The summed E-state index contributed by atoms with van der Waals surface area (Å²) >= 11 is 0. The number of nitrogens with zero attached hydrogens (tertiary/aromatic N) is 3. The summed E-state index contributed by atoms with van der Waals surface area (Å²) in [6.07, 6.45) is 4.74. The normalized spacial score (nSPS) is 10.4. The zero-order valence-corrected chi connectivity index (χ0v) is 10.5. The van der Waals surface area contributed by atoms with Gasteiger partial charge in [-0.25, -0.2) is 4.98 Å². The molecule has 0 saturated carbocycles. The number of hydrogen-bond acceptors (Lipinski definition) is 4. The third-order valence-corrected chi connectivity index (χ3v) is 2.60. The van der Waals surface area contributed by atoms with Crippen LogP contribution in [0.2, 0.25) is 0 Å². The van der Waals surface area contributed by atoms with Gasteiger partial charge >= 0.3 is 0 Å². The molecule has 2 heterocycles. The van der Waals surface area contributed by atoms with Gasteiger partial charge in [0.15, 0.2) is 0 Å². The Hall–Kier alpha value is -2.41. The van der Waals surface area contributed by atoms with E-state index >= 15 is 0 Å². The van der Waals surface area contributed by atoms with Gasteiger partial charge in [-0.1, -0.05) is 0 Å². The third kappa shape index (κ3) is 3.08. The quantitative estimate of drug-likeness (QED) is 0.796. The molecular weight excluding hydrogens is 246 g/mol. The predicted octanol–water partition coefficient (Wildman–Crippen LogP) is -0.207. The molecule has 0 spiro atoms. The molecule has 0 aliphatic rings. The lowest BCUT2D eigenvalue weighted by atomic mass is 10.3. The lowest BCUT2D eigenvalue weighted by molar-refractivity contribution is 0.102. The van der Waals surface area contributed by atoms with Crippen molar-refractivity contribution in [3.05, 3.63) is 46.9 Å². The minimum absolute atomic E-state index is 0.134. The topological polar surface area (TPSA) is 94.9 Å². The average molecular weight is 261 g/mol. The minimum atomic E-state index is -0.325. The number of aromatic nitrogens is 3. The fourth-order valence-electron chi connectivity index (χ4n) is 1.61. The summed E-state index contributed by atoms with van der Waals surface area (Å²) in [5.41, 5.74) is 6.13. The molecule has 3 N–H and O–H groups in total. The van der Waals surface area contributed by atoms with Crippen LogP contribution >= 0.6 is 0 Å². The third-order valence-electron chi connectivity index (χ3n) is 2.60. The number of rotatable bonds is 4. The first-order valence-corrected chi connectivity index (χ1v) is 5.80. The maximum atomic E-state index is 11.9. The molecule has 1 amide bonds. The predicted molar refractivity (Wildman–Crippen MR) is 70.9 cm³/mol. The molecule has 2 rings (SSSR count). The molecule has 7 nitrogen and oxygen atoms in total. The van der Waals surface area contributed by atoms with Crippen LogP contribution in [-0.4, -0.2) is 26.6 Å². The highest BCUT2D eigenvalue weighted by atomic mass is 16.2. The van der Waals surface area contributed by atoms with Crippen molar-refractivity contribution in [2.75, 3.05) is 11.9 Å². The maximum Gasteiger partial charge on any atom is 0.275 e. The van der Waals surface area contributed by atoms with Crippen molar-refractivity contribution in [1.29, 1.82) is 0 Å². The summed E-state index contributed by atoms with van der Waals surface area (Å²) in [6, 6.07) is 2.94. The van der Waals surface area contributed by atoms with E-state index in [0.29, 0.717) is 24.5 Å². The number of pyridine rings is 1. The van der Waals surface area contributed by atoms with Crippen LogP contribution in [0.3, 0.4) is 0 Å². The zero-order valence-electron chi connectivity index (χ0n) is 10.5. The van der Waals surface area contributed by atoms with E-state index in [-0.39, 0.29) is 11.5 Å². The van der Waals surface area contributed by atoms with Gasteiger partial charge < -0.3 is 20.2 Å². The molecule has 2 aromatic heterocycles. The monoisotopic (exact) mass is 261 g/mol. The molecular formula is C12H15N5O2. The van der Waals surface area contributed by atoms with Gasteiger partial charge in [0.25, 0.3) is 5.91 Å². The van der Waals surface area contributed by atoms with Gasteiger partial charge in [-0.15, -0.1) is 0 Å². The number of amides is 1. The van der Waals surface area contributed by atoms with Gasteiger partial charge in [-0.3, -0.25) is 9.59 Å². The fraction of sp³-hybridized carbons (Fsp3) is 0.250. The van der Waals surface area contributed by atoms with Crippen molar-refractivity contribution in [1.82, 2.24) is 14.1 Å². The van der Waals surface area contributed by atoms with Crippen LogP contribution in [0.15, 0.2) is 35.6 Å². The first-order valence-electron chi connectivity index (χ1n) is 5.80. The van der Waals surface area contributed by atoms with E-state index in [1.807, 2.05) is 0 Å². The summed E-state index contributed by atoms with van der Waals surface area (Å²) < 4.78 is 3.14. The van der Waals surface area contributed by atoms with Crippen molar-refractivity contribution in [3.63, 3.8) is 0 Å². The summed E-state index contributed by atoms with van der Waals surface area (Å²) in [4.78, 5) is 27.1. The molecule has 0 bridgehead atoms. The minimum Gasteiger partial charge on any atom is -0.335 e. The van der Waals surface area contributed by atoms with E-state index in [2.05, 4.69) is 10.3 Å². The number of aryl methyl sites for hydroxylation is 1. The Balaban J connectivity index is 2.11. The Morgan fingerprint density at radius 3 is 2.89 bits per heavy atom. The molecule has 7 heteroatoms. The molecule has 0 aliphatic heterocycles. The summed E-state index contributed by atoms with van der Waals surface area (Å²) in [5, 5.41) is 2.68. The zero-order chi connectivity index (χ0) is 13.8. The van der Waals surface area contributed by atoms with Gasteiger partial charge in [-0.2, -0.15) is 0 Å². The molecule has 100 valence electrons. The fourth-order valence-corrected chi connectivity index (χ4v) is 1.61. The smallest absolute Gasteiger partial charge is 0.275 e. The second-order valence-corrected chi connectivity index (χ2v) is 4.11. The molecule has 0 unspecified atom stereocenters. The van der Waals surface area contributed by atoms with Crippen LogP contribution in [-0.2, 0) is 13.6 Å². The van der Waals surface area contributed by atoms with Crippen molar-refractivity contribution >= 4 is 11.6 Å². The van der Waals surface area contributed by atoms with Gasteiger partial charge in [-0.05, 0) is 6.07 Å². The molecule has 0 saturated heterocycles. The number of hydrogen-bond donors (Lipinski definition) is 2. The molecule has 0 aromatic carbocycles. The van der Waals surface area contributed by atoms with Crippen molar-refractivity contribution < 1.29 is 4.79 Å². The molecule has 19 heavy (non-hydrogen) atoms. The average Bonchev–Trinajstić information content (AvgIpc) is 2.83. The second kappa shape index (κ2) is 5.49. The van der Waals surface area contributed by atoms with Crippen LogP contribution in [0.1, 0.15) is 10.5 Å². The summed E-state index contributed by atoms with van der Waals surface area (Å²) in [6.45, 7) is 1.10. The van der Waals surface area contributed by atoms with Crippen LogP contribution in [0, 0.1) is 0 Å². The van der Waals surface area contributed by atoms with Gasteiger partial charge in [0.2, 0.25) is 5.56 Å². The molecule has 0 atom stereocenters. The largest absolute Gasteiger partial charge is 0.335 e. The van der Waals surface area contributed by atoms with Gasteiger partial charge in [0, 0.05) is 38.6 Å². The van der Waals surface area contributed by atoms with Crippen LogP contribution in [0.25, 0.3) is 0 Å². The van der Waals surface area contributed by atoms with Crippen LogP contribution in [0.5, 0.6) is 0 Å². The SMILES string of the molecule is Cn1cc(NC(=O)c2cn(CCN)cn2)ccc1=O. The number of carbonyl (C=O) groups excluding carboxylic acids is 1. The summed E-state index contributed by atoms with van der Waals surface area (Å²) in [7, 11) is 1.62. The van der Waals surface area contributed by atoms with Crippen molar-refractivity contribution in [2.45, 2.75) is 6.54 Å². The van der Waals surface area contributed by atoms with E-state index in [9.17, 15) is 9.59 Å². The number of anilines is 1. The first-order chi connectivity index (χ1) is 9.10. The highest BCUT2D eigenvalue weighted by Crippen LogP contribution is 2.05. The highest BCUT2D eigenvalue weighted by Gasteiger charge is 2.09. The highest BCUT2D eigenvalue weighted by molar-refractivity contribution is 6.02. The number of nitrogens with one attached hydrogen (secondary N) is 1. The van der Waals surface area contributed by atoms with E-state index in [1.165, 1.54) is 10.6 Å². The van der Waals surface area contributed by atoms with E-state index in [1.54, 1.807) is 36.4 Å². The Morgan fingerprint density at radius 2 is 2.21 bits per heavy atom. The first kappa shape index (κ1) is 13.0. The molecule has 0 fully saturated rings. The lowest BCUT2D eigenvalue weighted by Crippen LogP contribution is -2.18. The summed E-state index contributed by atoms with van der Waals surface area (Å²) in [5.74, 6) is -0.325. The van der Waals surface area contributed by atoms with Crippen molar-refractivity contribution in [3.8, 4) is 0 Å². The second-order valence-electron chi connectivity index (χ2n) is 4.11. The van der Waals surface area contributed by atoms with Gasteiger partial charge in [0.1, 0.15) is 5.69 Å². The van der Waals surface area contributed by atoms with Crippen LogP contribution in [0.4, 0.5) is 5.69 Å².